The zero-order valence-electron chi connectivity index (χ0n) is 15.2. The molecule has 1 aliphatic heterocycles. The molecule has 0 fully saturated rings. The van der Waals surface area contributed by atoms with Crippen LogP contribution in [0.4, 0.5) is 14.5 Å². The number of allylic oxidation sites excluding steroid dienone is 1. The van der Waals surface area contributed by atoms with E-state index in [1.165, 1.54) is 29.4 Å². The minimum absolute atomic E-state index is 0.0347. The average molecular weight is 384 g/mol. The number of likely N-dealkylation sites (N-methyl/N-ethyl adjacent to an activating group) is 1. The van der Waals surface area contributed by atoms with Crippen molar-refractivity contribution in [3.63, 3.8) is 0 Å². The number of hydrogen-bond donors (Lipinski definition) is 3. The van der Waals surface area contributed by atoms with Crippen molar-refractivity contribution < 1.29 is 18.3 Å². The van der Waals surface area contributed by atoms with Gasteiger partial charge in [-0.3, -0.25) is 10.2 Å². The number of anilines is 1. The van der Waals surface area contributed by atoms with Gasteiger partial charge in [-0.1, -0.05) is 0 Å². The lowest BCUT2D eigenvalue weighted by Gasteiger charge is -2.25. The predicted octanol–water partition coefficient (Wildman–Crippen LogP) is 3.28. The highest BCUT2D eigenvalue weighted by molar-refractivity contribution is 6.41. The first-order chi connectivity index (χ1) is 13.3. The Morgan fingerprint density at radius 3 is 2.57 bits per heavy atom. The fourth-order valence-corrected chi connectivity index (χ4v) is 2.76. The summed E-state index contributed by atoms with van der Waals surface area (Å²) < 4.78 is 32.8. The number of halogens is 2. The van der Waals surface area contributed by atoms with Gasteiger partial charge in [-0.25, -0.2) is 8.78 Å². The SMILES string of the molecule is CN/C=C1\C(=N)C(c2cc(N)ccc2Oc2ccc(F)cc2F)=CN(C)C1=O. The third-order valence-corrected chi connectivity index (χ3v) is 4.11. The topological polar surface area (TPSA) is 91.4 Å². The van der Waals surface area contributed by atoms with Gasteiger partial charge in [0.15, 0.2) is 11.6 Å². The number of nitrogens with zero attached hydrogens (tertiary/aromatic N) is 1. The molecule has 4 N–H and O–H groups in total. The molecule has 0 aromatic heterocycles. The maximum Gasteiger partial charge on any atom is 0.261 e. The summed E-state index contributed by atoms with van der Waals surface area (Å²) in [6.45, 7) is 0. The van der Waals surface area contributed by atoms with E-state index >= 15 is 0 Å². The minimum atomic E-state index is -0.862. The Kier molecular flexibility index (Phi) is 5.12. The molecule has 144 valence electrons. The lowest BCUT2D eigenvalue weighted by molar-refractivity contribution is -0.123. The van der Waals surface area contributed by atoms with Crippen LogP contribution < -0.4 is 15.8 Å². The Hall–Kier alpha value is -3.68. The van der Waals surface area contributed by atoms with Crippen LogP contribution in [0, 0.1) is 17.0 Å². The van der Waals surface area contributed by atoms with Gasteiger partial charge >= 0.3 is 0 Å². The maximum atomic E-state index is 14.0. The van der Waals surface area contributed by atoms with E-state index in [9.17, 15) is 13.6 Å². The molecule has 0 radical (unpaired) electrons. The van der Waals surface area contributed by atoms with Gasteiger partial charge in [0.2, 0.25) is 0 Å². The van der Waals surface area contributed by atoms with Gasteiger partial charge in [0, 0.05) is 49.4 Å². The summed E-state index contributed by atoms with van der Waals surface area (Å²) in [6.07, 6.45) is 2.92. The van der Waals surface area contributed by atoms with Crippen molar-refractivity contribution >= 4 is 22.9 Å². The van der Waals surface area contributed by atoms with Crippen LogP contribution in [0.15, 0.2) is 54.4 Å². The molecule has 28 heavy (non-hydrogen) atoms. The highest BCUT2D eigenvalue weighted by Crippen LogP contribution is 2.36. The summed E-state index contributed by atoms with van der Waals surface area (Å²) in [6, 6.07) is 7.63. The predicted molar refractivity (Wildman–Crippen MR) is 103 cm³/mol. The normalized spacial score (nSPS) is 15.6. The van der Waals surface area contributed by atoms with E-state index in [0.717, 1.165) is 6.07 Å². The molecule has 0 unspecified atom stereocenters. The molecule has 0 saturated carbocycles. The largest absolute Gasteiger partial charge is 0.454 e. The van der Waals surface area contributed by atoms with Crippen LogP contribution in [0.1, 0.15) is 5.56 Å². The van der Waals surface area contributed by atoms with E-state index in [0.29, 0.717) is 22.9 Å². The van der Waals surface area contributed by atoms with Gasteiger partial charge in [0.25, 0.3) is 5.91 Å². The van der Waals surface area contributed by atoms with E-state index in [1.54, 1.807) is 26.2 Å². The molecule has 1 aliphatic rings. The van der Waals surface area contributed by atoms with E-state index in [1.807, 2.05) is 0 Å². The molecule has 3 rings (SSSR count). The van der Waals surface area contributed by atoms with E-state index in [4.69, 9.17) is 15.9 Å². The van der Waals surface area contributed by atoms with E-state index in [2.05, 4.69) is 5.32 Å². The Balaban J connectivity index is 2.10. The molecule has 1 amide bonds. The molecule has 8 heteroatoms. The minimum Gasteiger partial charge on any atom is -0.454 e. The molecule has 2 aromatic rings. The van der Waals surface area contributed by atoms with Gasteiger partial charge in [-0.05, 0) is 30.3 Å². The van der Waals surface area contributed by atoms with Gasteiger partial charge in [0.05, 0.1) is 11.3 Å². The van der Waals surface area contributed by atoms with Crippen molar-refractivity contribution in [2.24, 2.45) is 0 Å². The van der Waals surface area contributed by atoms with E-state index in [-0.39, 0.29) is 28.7 Å². The number of nitrogens with two attached hydrogens (primary N) is 1. The van der Waals surface area contributed by atoms with Crippen molar-refractivity contribution in [2.75, 3.05) is 19.8 Å². The fraction of sp³-hybridized carbons (Fsp3) is 0.100. The molecule has 0 bridgehead atoms. The van der Waals surface area contributed by atoms with Gasteiger partial charge < -0.3 is 20.7 Å². The van der Waals surface area contributed by atoms with Crippen LogP contribution in [0.2, 0.25) is 0 Å². The number of ether oxygens (including phenoxy) is 1. The molecule has 0 aliphatic carbocycles. The summed E-state index contributed by atoms with van der Waals surface area (Å²) in [5.41, 5.74) is 7.18. The summed E-state index contributed by atoms with van der Waals surface area (Å²) in [7, 11) is 3.18. The zero-order valence-corrected chi connectivity index (χ0v) is 15.2. The van der Waals surface area contributed by atoms with Crippen molar-refractivity contribution in [2.45, 2.75) is 0 Å². The molecular weight excluding hydrogens is 366 g/mol. The van der Waals surface area contributed by atoms with Crippen molar-refractivity contribution in [3.05, 3.63) is 71.6 Å². The van der Waals surface area contributed by atoms with E-state index < -0.39 is 11.6 Å². The zero-order chi connectivity index (χ0) is 20.4. The van der Waals surface area contributed by atoms with Crippen LogP contribution in [0.25, 0.3) is 5.57 Å². The van der Waals surface area contributed by atoms with Crippen LogP contribution in [-0.4, -0.2) is 30.6 Å². The number of hydrogen-bond acceptors (Lipinski definition) is 5. The van der Waals surface area contributed by atoms with Gasteiger partial charge in [-0.15, -0.1) is 0 Å². The molecular formula is C20H18F2N4O2. The molecule has 0 saturated heterocycles. The number of carbonyl (C=O) groups excluding carboxylic acids is 1. The first-order valence-corrected chi connectivity index (χ1v) is 8.30. The summed E-state index contributed by atoms with van der Waals surface area (Å²) in [4.78, 5) is 13.6. The quantitative estimate of drug-likeness (QED) is 0.557. The van der Waals surface area contributed by atoms with Crippen LogP contribution in [0.3, 0.4) is 0 Å². The van der Waals surface area contributed by atoms with Gasteiger partial charge in [-0.2, -0.15) is 0 Å². The standard InChI is InChI=1S/C20H18F2N4O2/c1-25-9-14-19(24)15(10-26(2)20(14)27)13-8-12(23)4-6-17(13)28-18-5-3-11(21)7-16(18)22/h3-10,24-25H,23H2,1-2H3/b14-9+,24-19?. The van der Waals surface area contributed by atoms with Crippen LogP contribution in [0.5, 0.6) is 11.5 Å². The molecule has 2 aromatic carbocycles. The molecule has 0 atom stereocenters. The lowest BCUT2D eigenvalue weighted by Crippen LogP contribution is -2.33. The number of nitrogens with one attached hydrogen (secondary N) is 2. The Morgan fingerprint density at radius 2 is 1.89 bits per heavy atom. The first kappa shape index (κ1) is 19.1. The number of amides is 1. The van der Waals surface area contributed by atoms with Crippen molar-refractivity contribution in [1.29, 1.82) is 5.41 Å². The molecule has 6 nitrogen and oxygen atoms in total. The first-order valence-electron chi connectivity index (χ1n) is 8.30. The fourth-order valence-electron chi connectivity index (χ4n) is 2.76. The number of nitrogen functional groups attached to an aromatic ring is 1. The third kappa shape index (κ3) is 3.57. The second kappa shape index (κ2) is 7.51. The number of rotatable bonds is 4. The van der Waals surface area contributed by atoms with Crippen molar-refractivity contribution in [3.8, 4) is 11.5 Å². The number of carbonyl (C=O) groups is 1. The molecule has 0 spiro atoms. The highest BCUT2D eigenvalue weighted by Gasteiger charge is 2.29. The lowest BCUT2D eigenvalue weighted by atomic mass is 9.92. The summed E-state index contributed by atoms with van der Waals surface area (Å²) >= 11 is 0. The Labute approximate surface area is 160 Å². The highest BCUT2D eigenvalue weighted by atomic mass is 19.1. The third-order valence-electron chi connectivity index (χ3n) is 4.11. The maximum absolute atomic E-state index is 14.0. The van der Waals surface area contributed by atoms with Crippen molar-refractivity contribution in [1.82, 2.24) is 10.2 Å². The van der Waals surface area contributed by atoms with Crippen LogP contribution >= 0.6 is 0 Å². The smallest absolute Gasteiger partial charge is 0.261 e. The Bertz CT molecular complexity index is 1030. The average Bonchev–Trinajstić information content (AvgIpc) is 2.65. The monoisotopic (exact) mass is 384 g/mol. The Morgan fingerprint density at radius 1 is 1.18 bits per heavy atom. The summed E-state index contributed by atoms with van der Waals surface area (Å²) in [5.74, 6) is -1.90. The molecule has 1 heterocycles. The second-order valence-corrected chi connectivity index (χ2v) is 6.11. The van der Waals surface area contributed by atoms with Crippen LogP contribution in [-0.2, 0) is 4.79 Å². The number of benzene rings is 2. The summed E-state index contributed by atoms with van der Waals surface area (Å²) in [5, 5.41) is 11.2. The second-order valence-electron chi connectivity index (χ2n) is 6.11. The van der Waals surface area contributed by atoms with Gasteiger partial charge in [0.1, 0.15) is 11.6 Å².